The van der Waals surface area contributed by atoms with Gasteiger partial charge in [0.05, 0.1) is 17.9 Å². The van der Waals surface area contributed by atoms with Crippen LogP contribution in [-0.4, -0.2) is 44.9 Å². The highest BCUT2D eigenvalue weighted by molar-refractivity contribution is 6.74. The maximum atomic E-state index is 13.4. The highest BCUT2D eigenvalue weighted by Crippen LogP contribution is 2.50. The van der Waals surface area contributed by atoms with Gasteiger partial charge in [-0.3, -0.25) is 4.79 Å². The predicted molar refractivity (Wildman–Crippen MR) is 157 cm³/mol. The Balaban J connectivity index is 2.32. The number of allylic oxidation sites excluding steroid dienone is 1. The zero-order valence-corrected chi connectivity index (χ0v) is 26.7. The lowest BCUT2D eigenvalue weighted by Gasteiger charge is -2.46. The quantitative estimate of drug-likeness (QED) is 0.182. The number of esters is 1. The molecule has 1 unspecified atom stereocenters. The molecule has 0 aromatic heterocycles. The number of carbonyl (C=O) groups excluding carboxylic acids is 3. The van der Waals surface area contributed by atoms with Gasteiger partial charge in [-0.05, 0) is 89.7 Å². The fraction of sp³-hybridized carbons (Fsp3) is 0.645. The molecule has 1 aliphatic rings. The Kier molecular flexibility index (Phi) is 10.6. The standard InChI is InChI=1S/C31H49NO6Si/c1-22-25(21-36-27(34)24-15-12-11-13-16-24)31(23(2)33,18-14-20-32-28(35)37-29(3,4)5)19-17-26(22)38-39(9,10)30(6,7)8/h11-13,15-16,25H,14,17-21H2,1-10H3,(H,32,35)/t25-,31?/m0/s1. The first-order chi connectivity index (χ1) is 17.9. The molecule has 0 bridgehead atoms. The molecule has 1 N–H and O–H groups in total. The molecule has 1 amide bonds. The van der Waals surface area contributed by atoms with E-state index < -0.39 is 31.4 Å². The lowest BCUT2D eigenvalue weighted by Crippen LogP contribution is -2.46. The average Bonchev–Trinajstić information content (AvgIpc) is 2.81. The molecule has 2 atom stereocenters. The zero-order valence-electron chi connectivity index (χ0n) is 25.7. The Bertz CT molecular complexity index is 1050. The van der Waals surface area contributed by atoms with Crippen molar-refractivity contribution in [1.82, 2.24) is 5.32 Å². The summed E-state index contributed by atoms with van der Waals surface area (Å²) in [6.07, 6.45) is 1.92. The SMILES string of the molecule is CC(=O)C1(CCCNC(=O)OC(C)(C)C)CCC(O[Si](C)(C)C(C)(C)C)=C(C)[C@@H]1COC(=O)c1ccccc1. The Labute approximate surface area is 236 Å². The van der Waals surface area contributed by atoms with Crippen LogP contribution in [-0.2, 0) is 18.7 Å². The van der Waals surface area contributed by atoms with Crippen molar-refractivity contribution in [2.75, 3.05) is 13.2 Å². The molecule has 0 saturated heterocycles. The number of alkyl carbamates (subject to hydrolysis) is 1. The number of nitrogens with one attached hydrogen (secondary N) is 1. The number of hydrogen-bond acceptors (Lipinski definition) is 6. The van der Waals surface area contributed by atoms with Gasteiger partial charge in [0, 0.05) is 24.3 Å². The van der Waals surface area contributed by atoms with Crippen molar-refractivity contribution in [3.8, 4) is 0 Å². The van der Waals surface area contributed by atoms with Crippen LogP contribution in [0.3, 0.4) is 0 Å². The van der Waals surface area contributed by atoms with Crippen LogP contribution < -0.4 is 5.32 Å². The van der Waals surface area contributed by atoms with Gasteiger partial charge < -0.3 is 19.2 Å². The monoisotopic (exact) mass is 559 g/mol. The number of rotatable bonds is 10. The van der Waals surface area contributed by atoms with Crippen molar-refractivity contribution in [3.63, 3.8) is 0 Å². The molecule has 0 aliphatic heterocycles. The van der Waals surface area contributed by atoms with Crippen LogP contribution >= 0.6 is 0 Å². The average molecular weight is 560 g/mol. The van der Waals surface area contributed by atoms with Crippen LogP contribution in [0.25, 0.3) is 0 Å². The van der Waals surface area contributed by atoms with Gasteiger partial charge in [0.15, 0.2) is 0 Å². The number of Topliss-reactive ketones (excluding diaryl/α,β-unsaturated/α-hetero) is 1. The van der Waals surface area contributed by atoms with Crippen molar-refractivity contribution >= 4 is 26.2 Å². The second-order valence-electron chi connectivity index (χ2n) is 13.2. The summed E-state index contributed by atoms with van der Waals surface area (Å²) >= 11 is 0. The summed E-state index contributed by atoms with van der Waals surface area (Å²) in [5.41, 5.74) is 0.145. The van der Waals surface area contributed by atoms with Gasteiger partial charge >= 0.3 is 12.1 Å². The lowest BCUT2D eigenvalue weighted by molar-refractivity contribution is -0.132. The number of ketones is 1. The summed E-state index contributed by atoms with van der Waals surface area (Å²) in [7, 11) is -2.11. The van der Waals surface area contributed by atoms with Crippen molar-refractivity contribution < 1.29 is 28.3 Å². The fourth-order valence-electron chi connectivity index (χ4n) is 4.82. The largest absolute Gasteiger partial charge is 0.547 e. The third kappa shape index (κ3) is 8.69. The van der Waals surface area contributed by atoms with E-state index in [-0.39, 0.29) is 23.3 Å². The topological polar surface area (TPSA) is 90.9 Å². The first-order valence-electron chi connectivity index (χ1n) is 14.0. The molecular weight excluding hydrogens is 510 g/mol. The fourth-order valence-corrected chi connectivity index (χ4v) is 6.00. The Morgan fingerprint density at radius 2 is 1.67 bits per heavy atom. The van der Waals surface area contributed by atoms with E-state index in [0.717, 1.165) is 11.3 Å². The Morgan fingerprint density at radius 1 is 1.05 bits per heavy atom. The van der Waals surface area contributed by atoms with Gasteiger partial charge in [-0.2, -0.15) is 0 Å². The van der Waals surface area contributed by atoms with E-state index >= 15 is 0 Å². The molecule has 0 radical (unpaired) electrons. The second kappa shape index (κ2) is 12.7. The van der Waals surface area contributed by atoms with Crippen LogP contribution in [0.15, 0.2) is 41.7 Å². The molecule has 0 spiro atoms. The second-order valence-corrected chi connectivity index (χ2v) is 18.0. The van der Waals surface area contributed by atoms with E-state index in [1.54, 1.807) is 31.2 Å². The number of benzene rings is 1. The van der Waals surface area contributed by atoms with E-state index in [4.69, 9.17) is 13.9 Å². The Hall–Kier alpha value is -2.61. The number of amides is 1. The van der Waals surface area contributed by atoms with Gasteiger partial charge in [0.1, 0.15) is 11.4 Å². The van der Waals surface area contributed by atoms with Crippen molar-refractivity contribution in [3.05, 3.63) is 47.2 Å². The zero-order chi connectivity index (χ0) is 29.6. The van der Waals surface area contributed by atoms with E-state index in [0.29, 0.717) is 37.8 Å². The molecule has 0 heterocycles. The molecule has 39 heavy (non-hydrogen) atoms. The summed E-state index contributed by atoms with van der Waals surface area (Å²) in [6, 6.07) is 8.88. The van der Waals surface area contributed by atoms with Crippen molar-refractivity contribution in [2.45, 2.75) is 105 Å². The maximum Gasteiger partial charge on any atom is 0.407 e. The van der Waals surface area contributed by atoms with E-state index in [9.17, 15) is 14.4 Å². The molecule has 0 fully saturated rings. The summed E-state index contributed by atoms with van der Waals surface area (Å²) < 4.78 is 17.9. The van der Waals surface area contributed by atoms with E-state index in [2.05, 4.69) is 39.2 Å². The smallest absolute Gasteiger partial charge is 0.407 e. The highest BCUT2D eigenvalue weighted by Gasteiger charge is 2.49. The lowest BCUT2D eigenvalue weighted by atomic mass is 9.61. The minimum atomic E-state index is -2.11. The van der Waals surface area contributed by atoms with Gasteiger partial charge in [-0.1, -0.05) is 39.0 Å². The molecule has 1 aliphatic carbocycles. The molecule has 7 nitrogen and oxygen atoms in total. The predicted octanol–water partition coefficient (Wildman–Crippen LogP) is 7.43. The summed E-state index contributed by atoms with van der Waals surface area (Å²) in [6.45, 7) is 20.6. The van der Waals surface area contributed by atoms with Gasteiger partial charge in [-0.15, -0.1) is 0 Å². The summed E-state index contributed by atoms with van der Waals surface area (Å²) in [5.74, 6) is 0.250. The van der Waals surface area contributed by atoms with Gasteiger partial charge in [0.2, 0.25) is 8.32 Å². The molecule has 218 valence electrons. The van der Waals surface area contributed by atoms with Crippen LogP contribution in [0, 0.1) is 11.3 Å². The first-order valence-corrected chi connectivity index (χ1v) is 16.9. The molecule has 0 saturated carbocycles. The van der Waals surface area contributed by atoms with Crippen LogP contribution in [0.4, 0.5) is 4.79 Å². The minimum absolute atomic E-state index is 0.0258. The Morgan fingerprint density at radius 3 is 2.21 bits per heavy atom. The van der Waals surface area contributed by atoms with Crippen molar-refractivity contribution in [2.24, 2.45) is 11.3 Å². The van der Waals surface area contributed by atoms with E-state index in [1.165, 1.54) is 0 Å². The molecule has 1 aromatic carbocycles. The summed E-state index contributed by atoms with van der Waals surface area (Å²) in [4.78, 5) is 38.3. The third-order valence-corrected chi connectivity index (χ3v) is 12.5. The third-order valence-electron chi connectivity index (χ3n) is 8.17. The first kappa shape index (κ1) is 32.6. The number of carbonyl (C=O) groups is 3. The normalized spacial score (nSPS) is 20.3. The minimum Gasteiger partial charge on any atom is -0.547 e. The van der Waals surface area contributed by atoms with Crippen molar-refractivity contribution in [1.29, 1.82) is 0 Å². The van der Waals surface area contributed by atoms with Crippen LogP contribution in [0.2, 0.25) is 18.1 Å². The van der Waals surface area contributed by atoms with Gasteiger partial charge in [0.25, 0.3) is 0 Å². The highest BCUT2D eigenvalue weighted by atomic mass is 28.4. The maximum absolute atomic E-state index is 13.4. The molecule has 2 rings (SSSR count). The molecule has 1 aromatic rings. The van der Waals surface area contributed by atoms with E-state index in [1.807, 2.05) is 33.8 Å². The van der Waals surface area contributed by atoms with Crippen LogP contribution in [0.5, 0.6) is 0 Å². The number of ether oxygens (including phenoxy) is 2. The van der Waals surface area contributed by atoms with Gasteiger partial charge in [-0.25, -0.2) is 9.59 Å². The summed E-state index contributed by atoms with van der Waals surface area (Å²) in [5, 5.41) is 2.83. The molecular formula is C31H49NO6Si. The molecule has 8 heteroatoms. The number of hydrogen-bond donors (Lipinski definition) is 1. The van der Waals surface area contributed by atoms with Crippen LogP contribution in [0.1, 0.15) is 91.4 Å².